The Morgan fingerprint density at radius 3 is 2.55 bits per heavy atom. The van der Waals surface area contributed by atoms with Crippen LogP contribution in [0.2, 0.25) is 0 Å². The van der Waals surface area contributed by atoms with Gasteiger partial charge >= 0.3 is 11.9 Å². The number of rotatable bonds is 8. The number of carboxylic acid groups (broad SMARTS) is 1. The first-order valence-electron chi connectivity index (χ1n) is 6.69. The van der Waals surface area contributed by atoms with Crippen LogP contribution in [-0.4, -0.2) is 23.7 Å². The molecule has 1 unspecified atom stereocenters. The van der Waals surface area contributed by atoms with Gasteiger partial charge in [-0.3, -0.25) is 0 Å². The Bertz CT molecular complexity index is 451. The molecule has 0 saturated carbocycles. The van der Waals surface area contributed by atoms with E-state index in [0.717, 1.165) is 31.4 Å². The molecular formula is C16H20O4. The van der Waals surface area contributed by atoms with E-state index in [9.17, 15) is 9.59 Å². The molecule has 0 aliphatic heterocycles. The minimum Gasteiger partial charge on any atom is -0.478 e. The largest absolute Gasteiger partial charge is 0.478 e. The lowest BCUT2D eigenvalue weighted by Crippen LogP contribution is -2.07. The van der Waals surface area contributed by atoms with Gasteiger partial charge in [0.05, 0.1) is 6.61 Å². The van der Waals surface area contributed by atoms with Crippen LogP contribution >= 0.6 is 0 Å². The van der Waals surface area contributed by atoms with Gasteiger partial charge in [-0.05, 0) is 30.7 Å². The molecule has 0 radical (unpaired) electrons. The number of hydrogen-bond donors (Lipinski definition) is 1. The number of carbonyl (C=O) groups is 2. The molecule has 1 aromatic rings. The Morgan fingerprint density at radius 2 is 1.90 bits per heavy atom. The second kappa shape index (κ2) is 8.91. The molecule has 1 rings (SSSR count). The fourth-order valence-electron chi connectivity index (χ4n) is 1.75. The smallest absolute Gasteiger partial charge is 0.331 e. The van der Waals surface area contributed by atoms with Crippen molar-refractivity contribution in [3.63, 3.8) is 0 Å². The van der Waals surface area contributed by atoms with Crippen molar-refractivity contribution in [2.75, 3.05) is 6.61 Å². The van der Waals surface area contributed by atoms with Crippen LogP contribution in [0.4, 0.5) is 0 Å². The topological polar surface area (TPSA) is 63.6 Å². The van der Waals surface area contributed by atoms with Gasteiger partial charge in [-0.1, -0.05) is 37.3 Å². The minimum atomic E-state index is -1.15. The van der Waals surface area contributed by atoms with Crippen LogP contribution in [0.3, 0.4) is 0 Å². The lowest BCUT2D eigenvalue weighted by atomic mass is 9.99. The van der Waals surface area contributed by atoms with Gasteiger partial charge in [0.25, 0.3) is 0 Å². The number of carbonyl (C=O) groups excluding carboxylic acids is 1. The monoisotopic (exact) mass is 276 g/mol. The average Bonchev–Trinajstić information content (AvgIpc) is 2.44. The lowest BCUT2D eigenvalue weighted by molar-refractivity contribution is -0.139. The lowest BCUT2D eigenvalue weighted by Gasteiger charge is -2.11. The third kappa shape index (κ3) is 7.36. The first-order valence-corrected chi connectivity index (χ1v) is 6.69. The normalized spacial score (nSPS) is 12.2. The quantitative estimate of drug-likeness (QED) is 0.586. The molecule has 1 aromatic carbocycles. The van der Waals surface area contributed by atoms with E-state index in [1.807, 2.05) is 18.2 Å². The zero-order valence-electron chi connectivity index (χ0n) is 11.6. The molecule has 1 N–H and O–H groups in total. The standard InChI is InChI=1S/C16H20O4/c1-13(7-8-14-5-3-2-4-6-14)11-12-20-16(19)10-9-15(17)18/h2-6,9-10,13H,7-8,11-12H2,1H3,(H,17,18)/b10-9-. The SMILES string of the molecule is CC(CCOC(=O)/C=C\C(=O)O)CCc1ccccc1. The maximum Gasteiger partial charge on any atom is 0.331 e. The number of hydrogen-bond acceptors (Lipinski definition) is 3. The van der Waals surface area contributed by atoms with E-state index in [1.165, 1.54) is 5.56 Å². The van der Waals surface area contributed by atoms with E-state index < -0.39 is 11.9 Å². The van der Waals surface area contributed by atoms with Crippen LogP contribution in [0.15, 0.2) is 42.5 Å². The predicted octanol–water partition coefficient (Wildman–Crippen LogP) is 2.83. The number of carboxylic acids is 1. The summed E-state index contributed by atoms with van der Waals surface area (Å²) in [5, 5.41) is 8.36. The third-order valence-electron chi connectivity index (χ3n) is 2.99. The van der Waals surface area contributed by atoms with Crippen LogP contribution in [-0.2, 0) is 20.7 Å². The summed E-state index contributed by atoms with van der Waals surface area (Å²) >= 11 is 0. The summed E-state index contributed by atoms with van der Waals surface area (Å²) in [5.41, 5.74) is 1.31. The summed E-state index contributed by atoms with van der Waals surface area (Å²) in [5.74, 6) is -1.31. The number of esters is 1. The number of aryl methyl sites for hydroxylation is 1. The highest BCUT2D eigenvalue weighted by molar-refractivity contribution is 5.90. The van der Waals surface area contributed by atoms with Crippen LogP contribution in [0.1, 0.15) is 25.3 Å². The summed E-state index contributed by atoms with van der Waals surface area (Å²) in [6.07, 6.45) is 4.53. The molecular weight excluding hydrogens is 256 g/mol. The average molecular weight is 276 g/mol. The molecule has 108 valence electrons. The van der Waals surface area contributed by atoms with Crippen molar-refractivity contribution in [3.8, 4) is 0 Å². The van der Waals surface area contributed by atoms with Gasteiger partial charge in [0.15, 0.2) is 0 Å². The van der Waals surface area contributed by atoms with Gasteiger partial charge in [-0.25, -0.2) is 9.59 Å². The highest BCUT2D eigenvalue weighted by Gasteiger charge is 2.05. The number of aliphatic carboxylic acids is 1. The fraction of sp³-hybridized carbons (Fsp3) is 0.375. The van der Waals surface area contributed by atoms with E-state index in [2.05, 4.69) is 19.1 Å². The zero-order valence-corrected chi connectivity index (χ0v) is 11.6. The van der Waals surface area contributed by atoms with Crippen molar-refractivity contribution in [3.05, 3.63) is 48.0 Å². The molecule has 4 nitrogen and oxygen atoms in total. The van der Waals surface area contributed by atoms with Crippen molar-refractivity contribution in [1.82, 2.24) is 0 Å². The van der Waals surface area contributed by atoms with Gasteiger partial charge < -0.3 is 9.84 Å². The van der Waals surface area contributed by atoms with Crippen LogP contribution < -0.4 is 0 Å². The van der Waals surface area contributed by atoms with Gasteiger partial charge in [-0.2, -0.15) is 0 Å². The second-order valence-corrected chi connectivity index (χ2v) is 4.76. The molecule has 0 spiro atoms. The molecule has 0 fully saturated rings. The fourth-order valence-corrected chi connectivity index (χ4v) is 1.75. The molecule has 0 aliphatic carbocycles. The molecule has 0 amide bonds. The Balaban J connectivity index is 2.15. The molecule has 0 heterocycles. The predicted molar refractivity (Wildman–Crippen MR) is 76.3 cm³/mol. The minimum absolute atomic E-state index is 0.318. The van der Waals surface area contributed by atoms with Gasteiger partial charge in [0, 0.05) is 12.2 Å². The Kier molecular flexibility index (Phi) is 7.11. The summed E-state index contributed by atoms with van der Waals surface area (Å²) in [6.45, 7) is 2.43. The Labute approximate surface area is 119 Å². The second-order valence-electron chi connectivity index (χ2n) is 4.76. The summed E-state index contributed by atoms with van der Waals surface area (Å²) < 4.78 is 4.93. The van der Waals surface area contributed by atoms with Crippen molar-refractivity contribution in [1.29, 1.82) is 0 Å². The van der Waals surface area contributed by atoms with E-state index in [4.69, 9.17) is 9.84 Å². The van der Waals surface area contributed by atoms with Crippen LogP contribution in [0.5, 0.6) is 0 Å². The molecule has 0 saturated heterocycles. The van der Waals surface area contributed by atoms with E-state index in [0.29, 0.717) is 12.5 Å². The summed E-state index contributed by atoms with van der Waals surface area (Å²) in [4.78, 5) is 21.3. The highest BCUT2D eigenvalue weighted by Crippen LogP contribution is 2.12. The maximum absolute atomic E-state index is 11.1. The summed E-state index contributed by atoms with van der Waals surface area (Å²) in [6, 6.07) is 10.2. The van der Waals surface area contributed by atoms with Crippen molar-refractivity contribution < 1.29 is 19.4 Å². The number of ether oxygens (including phenoxy) is 1. The van der Waals surface area contributed by atoms with E-state index in [1.54, 1.807) is 0 Å². The van der Waals surface area contributed by atoms with Crippen LogP contribution in [0.25, 0.3) is 0 Å². The van der Waals surface area contributed by atoms with Crippen molar-refractivity contribution >= 4 is 11.9 Å². The van der Waals surface area contributed by atoms with Crippen LogP contribution in [0, 0.1) is 5.92 Å². The zero-order chi connectivity index (χ0) is 14.8. The number of benzene rings is 1. The Hall–Kier alpha value is -2.10. The molecule has 20 heavy (non-hydrogen) atoms. The molecule has 0 aliphatic rings. The van der Waals surface area contributed by atoms with Gasteiger partial charge in [0.1, 0.15) is 0 Å². The molecule has 0 bridgehead atoms. The van der Waals surface area contributed by atoms with E-state index >= 15 is 0 Å². The molecule has 1 atom stereocenters. The molecule has 4 heteroatoms. The van der Waals surface area contributed by atoms with Crippen molar-refractivity contribution in [2.45, 2.75) is 26.2 Å². The first-order chi connectivity index (χ1) is 9.58. The first kappa shape index (κ1) is 16.0. The summed E-state index contributed by atoms with van der Waals surface area (Å²) in [7, 11) is 0. The third-order valence-corrected chi connectivity index (χ3v) is 2.99. The van der Waals surface area contributed by atoms with Gasteiger partial charge in [0.2, 0.25) is 0 Å². The van der Waals surface area contributed by atoms with Crippen molar-refractivity contribution in [2.24, 2.45) is 5.92 Å². The Morgan fingerprint density at radius 1 is 1.20 bits per heavy atom. The van der Waals surface area contributed by atoms with E-state index in [-0.39, 0.29) is 0 Å². The highest BCUT2D eigenvalue weighted by atomic mass is 16.5. The van der Waals surface area contributed by atoms with Gasteiger partial charge in [-0.15, -0.1) is 0 Å². The maximum atomic E-state index is 11.1. The molecule has 0 aromatic heterocycles.